The van der Waals surface area contributed by atoms with Crippen LogP contribution in [0.25, 0.3) is 0 Å². The number of aromatic nitrogens is 3. The number of fused-ring (bicyclic) bond motifs is 1. The quantitative estimate of drug-likeness (QED) is 0.316. The number of carbonyl (C=O) groups is 1. The average molecular weight is 495 g/mol. The zero-order valence-corrected chi connectivity index (χ0v) is 20.6. The maximum absolute atomic E-state index is 13.4. The third kappa shape index (κ3) is 5.00. The first-order valence-corrected chi connectivity index (χ1v) is 13.0. The lowest BCUT2D eigenvalue weighted by Gasteiger charge is -2.30. The van der Waals surface area contributed by atoms with Crippen molar-refractivity contribution >= 4 is 35.3 Å². The summed E-state index contributed by atoms with van der Waals surface area (Å²) in [7, 11) is 0. The molecule has 8 heteroatoms. The van der Waals surface area contributed by atoms with Gasteiger partial charge in [0.2, 0.25) is 11.1 Å². The molecule has 1 aliphatic heterocycles. The zero-order chi connectivity index (χ0) is 23.5. The number of rotatable bonds is 6. The monoisotopic (exact) mass is 494 g/mol. The minimum absolute atomic E-state index is 0.0263. The summed E-state index contributed by atoms with van der Waals surface area (Å²) in [4.78, 5) is 18.2. The van der Waals surface area contributed by atoms with Gasteiger partial charge in [-0.25, -0.2) is 9.48 Å². The van der Waals surface area contributed by atoms with Crippen molar-refractivity contribution in [2.45, 2.75) is 62.1 Å². The molecule has 0 radical (unpaired) electrons. The van der Waals surface area contributed by atoms with Crippen LogP contribution in [0, 0.1) is 0 Å². The normalized spacial score (nSPS) is 18.4. The molecule has 6 nitrogen and oxygen atoms in total. The average Bonchev–Trinajstić information content (AvgIpc) is 3.26. The highest BCUT2D eigenvalue weighted by atomic mass is 35.5. The van der Waals surface area contributed by atoms with E-state index in [1.807, 2.05) is 49.4 Å². The molecule has 2 aliphatic rings. The van der Waals surface area contributed by atoms with Crippen molar-refractivity contribution in [3.8, 4) is 0 Å². The minimum Gasteiger partial charge on any atom is -0.459 e. The molecule has 2 heterocycles. The smallest absolute Gasteiger partial charge is 0.338 e. The van der Waals surface area contributed by atoms with Gasteiger partial charge in [-0.15, -0.1) is 5.10 Å². The lowest BCUT2D eigenvalue weighted by atomic mass is 9.95. The van der Waals surface area contributed by atoms with Gasteiger partial charge >= 0.3 is 5.97 Å². The Morgan fingerprint density at radius 2 is 1.85 bits per heavy atom. The summed E-state index contributed by atoms with van der Waals surface area (Å²) in [6.45, 7) is 1.90. The number of esters is 1. The van der Waals surface area contributed by atoms with Crippen LogP contribution in [-0.2, 0) is 15.3 Å². The van der Waals surface area contributed by atoms with E-state index in [-0.39, 0.29) is 12.1 Å². The number of hydrogen-bond donors (Lipinski definition) is 1. The predicted molar refractivity (Wildman–Crippen MR) is 135 cm³/mol. The largest absolute Gasteiger partial charge is 0.459 e. The molecular formula is C26H27ClN4O2S. The molecule has 1 fully saturated rings. The number of thioether (sulfide) groups is 1. The zero-order valence-electron chi connectivity index (χ0n) is 19.0. The Hall–Kier alpha value is -2.77. The number of nitrogens with zero attached hydrogens (tertiary/aromatic N) is 3. The minimum atomic E-state index is -0.441. The van der Waals surface area contributed by atoms with Crippen molar-refractivity contribution in [3.63, 3.8) is 0 Å². The van der Waals surface area contributed by atoms with E-state index in [1.54, 1.807) is 16.4 Å². The Morgan fingerprint density at radius 3 is 2.59 bits per heavy atom. The number of anilines is 1. The number of nitrogens with one attached hydrogen (secondary N) is 1. The van der Waals surface area contributed by atoms with Gasteiger partial charge in [0, 0.05) is 16.5 Å². The van der Waals surface area contributed by atoms with Crippen molar-refractivity contribution in [1.29, 1.82) is 0 Å². The Bertz CT molecular complexity index is 1190. The van der Waals surface area contributed by atoms with E-state index in [1.165, 1.54) is 12.0 Å². The predicted octanol–water partition coefficient (Wildman–Crippen LogP) is 6.39. The van der Waals surface area contributed by atoms with E-state index in [4.69, 9.17) is 26.4 Å². The Morgan fingerprint density at radius 1 is 1.12 bits per heavy atom. The number of halogens is 1. The second-order valence-electron chi connectivity index (χ2n) is 8.72. The summed E-state index contributed by atoms with van der Waals surface area (Å²) in [6.07, 6.45) is 5.23. The number of allylic oxidation sites excluding steroid dienone is 1. The standard InChI is InChI=1S/C26H27ClN4O2S/c1-17-22(24(32)33-21-10-6-3-7-11-21)23(19-12-14-20(27)15-13-19)31-25(28-17)29-26(30-31)34-16-18-8-4-2-5-9-18/h2,4-5,8-9,12-15,21,23H,3,6-7,10-11,16H2,1H3,(H,28,29,30). The molecule has 3 aromatic rings. The van der Waals surface area contributed by atoms with Crippen molar-refractivity contribution in [1.82, 2.24) is 14.8 Å². The van der Waals surface area contributed by atoms with Crippen molar-refractivity contribution in [2.75, 3.05) is 5.32 Å². The maximum Gasteiger partial charge on any atom is 0.338 e. The molecule has 1 aliphatic carbocycles. The second-order valence-corrected chi connectivity index (χ2v) is 10.1. The topological polar surface area (TPSA) is 69.0 Å². The lowest BCUT2D eigenvalue weighted by Crippen LogP contribution is -2.32. The first kappa shape index (κ1) is 23.0. The van der Waals surface area contributed by atoms with Crippen molar-refractivity contribution < 1.29 is 9.53 Å². The second kappa shape index (κ2) is 10.2. The van der Waals surface area contributed by atoms with E-state index in [9.17, 15) is 4.79 Å². The highest BCUT2D eigenvalue weighted by Crippen LogP contribution is 2.38. The van der Waals surface area contributed by atoms with Crippen LogP contribution >= 0.6 is 23.4 Å². The van der Waals surface area contributed by atoms with Crippen molar-refractivity contribution in [3.05, 3.63) is 82.0 Å². The van der Waals surface area contributed by atoms with Crippen LogP contribution in [0.5, 0.6) is 0 Å². The number of hydrogen-bond acceptors (Lipinski definition) is 6. The molecule has 0 spiro atoms. The summed E-state index contributed by atoms with van der Waals surface area (Å²) in [5.74, 6) is 1.08. The van der Waals surface area contributed by atoms with Gasteiger partial charge in [-0.2, -0.15) is 4.98 Å². The van der Waals surface area contributed by atoms with Gasteiger partial charge in [0.05, 0.1) is 5.57 Å². The molecule has 5 rings (SSSR count). The Labute approximate surface area is 208 Å². The molecule has 34 heavy (non-hydrogen) atoms. The van der Waals surface area contributed by atoms with Crippen LogP contribution in [0.4, 0.5) is 5.95 Å². The molecule has 176 valence electrons. The first-order chi connectivity index (χ1) is 16.6. The highest BCUT2D eigenvalue weighted by molar-refractivity contribution is 7.98. The summed E-state index contributed by atoms with van der Waals surface area (Å²) in [6, 6.07) is 17.3. The van der Waals surface area contributed by atoms with Crippen LogP contribution < -0.4 is 5.32 Å². The van der Waals surface area contributed by atoms with Crippen LogP contribution in [0.1, 0.15) is 56.2 Å². The van der Waals surface area contributed by atoms with Gasteiger partial charge in [0.25, 0.3) is 0 Å². The fourth-order valence-corrected chi connectivity index (χ4v) is 5.44. The maximum atomic E-state index is 13.4. The highest BCUT2D eigenvalue weighted by Gasteiger charge is 2.36. The van der Waals surface area contributed by atoms with Gasteiger partial charge in [0.15, 0.2) is 0 Å². The third-order valence-corrected chi connectivity index (χ3v) is 7.44. The third-order valence-electron chi connectivity index (χ3n) is 6.28. The first-order valence-electron chi connectivity index (χ1n) is 11.7. The van der Waals surface area contributed by atoms with E-state index in [2.05, 4.69) is 17.4 Å². The fourth-order valence-electron chi connectivity index (χ4n) is 4.53. The van der Waals surface area contributed by atoms with Crippen molar-refractivity contribution in [2.24, 2.45) is 0 Å². The molecule has 1 unspecified atom stereocenters. The molecule has 0 bridgehead atoms. The van der Waals surface area contributed by atoms with E-state index in [0.29, 0.717) is 21.7 Å². The van der Waals surface area contributed by atoms with Gasteiger partial charge in [-0.3, -0.25) is 0 Å². The van der Waals surface area contributed by atoms with Gasteiger partial charge in [0.1, 0.15) is 12.1 Å². The van der Waals surface area contributed by atoms with Crippen LogP contribution in [0.2, 0.25) is 5.02 Å². The summed E-state index contributed by atoms with van der Waals surface area (Å²) in [5, 5.41) is 9.37. The number of ether oxygens (including phenoxy) is 1. The van der Waals surface area contributed by atoms with E-state index < -0.39 is 6.04 Å². The number of carbonyl (C=O) groups excluding carboxylic acids is 1. The van der Waals surface area contributed by atoms with Crippen LogP contribution in [0.3, 0.4) is 0 Å². The summed E-state index contributed by atoms with van der Waals surface area (Å²) >= 11 is 7.72. The van der Waals surface area contributed by atoms with Crippen LogP contribution in [-0.4, -0.2) is 26.8 Å². The van der Waals surface area contributed by atoms with Gasteiger partial charge < -0.3 is 10.1 Å². The van der Waals surface area contributed by atoms with Crippen LogP contribution in [0.15, 0.2) is 71.0 Å². The van der Waals surface area contributed by atoms with Gasteiger partial charge in [-0.1, -0.05) is 72.2 Å². The summed E-state index contributed by atoms with van der Waals surface area (Å²) in [5.41, 5.74) is 3.41. The molecular weight excluding hydrogens is 468 g/mol. The molecule has 1 atom stereocenters. The fraction of sp³-hybridized carbons (Fsp3) is 0.346. The van der Waals surface area contributed by atoms with Gasteiger partial charge in [-0.05, 0) is 55.9 Å². The molecule has 0 amide bonds. The van der Waals surface area contributed by atoms with E-state index in [0.717, 1.165) is 42.7 Å². The molecule has 1 saturated carbocycles. The Balaban J connectivity index is 1.45. The molecule has 1 aromatic heterocycles. The number of benzene rings is 2. The molecule has 0 saturated heterocycles. The Kier molecular flexibility index (Phi) is 6.92. The van der Waals surface area contributed by atoms with E-state index >= 15 is 0 Å². The lowest BCUT2D eigenvalue weighted by molar-refractivity contribution is -0.146. The summed E-state index contributed by atoms with van der Waals surface area (Å²) < 4.78 is 7.77. The SMILES string of the molecule is CC1=C(C(=O)OC2CCCCC2)C(c2ccc(Cl)cc2)n2nc(SCc3ccccc3)nc2N1. The molecule has 2 aromatic carbocycles. The molecule has 1 N–H and O–H groups in total.